The predicted molar refractivity (Wildman–Crippen MR) is 79.3 cm³/mol. The Morgan fingerprint density at radius 2 is 1.75 bits per heavy atom. The summed E-state index contributed by atoms with van der Waals surface area (Å²) in [5, 5.41) is 0. The number of rotatable bonds is 9. The summed E-state index contributed by atoms with van der Waals surface area (Å²) in [7, 11) is 0. The third-order valence-corrected chi connectivity index (χ3v) is 2.96. The molecule has 0 amide bonds. The Labute approximate surface area is 122 Å². The molecule has 0 aliphatic heterocycles. The highest BCUT2D eigenvalue weighted by Gasteiger charge is 2.16. The first kappa shape index (κ1) is 18.7. The maximum Gasteiger partial charge on any atom is 0.417 e. The van der Waals surface area contributed by atoms with Crippen molar-refractivity contribution >= 4 is 11.9 Å². The lowest BCUT2D eigenvalue weighted by Crippen LogP contribution is -2.21. The summed E-state index contributed by atoms with van der Waals surface area (Å²) in [4.78, 5) is 22.3. The van der Waals surface area contributed by atoms with Gasteiger partial charge in [-0.25, -0.2) is 9.59 Å². The van der Waals surface area contributed by atoms with Crippen molar-refractivity contribution in [3.05, 3.63) is 11.6 Å². The van der Waals surface area contributed by atoms with E-state index in [2.05, 4.69) is 31.6 Å². The Balaban J connectivity index is 3.98. The van der Waals surface area contributed by atoms with Crippen LogP contribution in [0.5, 0.6) is 0 Å². The highest BCUT2D eigenvalue weighted by molar-refractivity contribution is 6.29. The molecule has 1 atom stereocenters. The SMILES string of the molecule is CCC=C(CCC)CC(C)CCOC(=O)C(=O)OCC. The molecule has 0 N–H and O–H groups in total. The summed E-state index contributed by atoms with van der Waals surface area (Å²) >= 11 is 0. The van der Waals surface area contributed by atoms with E-state index in [4.69, 9.17) is 4.74 Å². The van der Waals surface area contributed by atoms with E-state index in [9.17, 15) is 9.59 Å². The minimum atomic E-state index is -0.905. The van der Waals surface area contributed by atoms with Gasteiger partial charge in [0.25, 0.3) is 0 Å². The van der Waals surface area contributed by atoms with Gasteiger partial charge in [0.15, 0.2) is 0 Å². The smallest absolute Gasteiger partial charge is 0.417 e. The number of esters is 2. The molecule has 116 valence electrons. The lowest BCUT2D eigenvalue weighted by Gasteiger charge is -2.14. The Morgan fingerprint density at radius 3 is 2.30 bits per heavy atom. The van der Waals surface area contributed by atoms with E-state index >= 15 is 0 Å². The highest BCUT2D eigenvalue weighted by atomic mass is 16.6. The third kappa shape index (κ3) is 8.73. The van der Waals surface area contributed by atoms with E-state index in [0.29, 0.717) is 5.92 Å². The average Bonchev–Trinajstić information content (AvgIpc) is 2.39. The van der Waals surface area contributed by atoms with Crippen molar-refractivity contribution < 1.29 is 19.1 Å². The van der Waals surface area contributed by atoms with Crippen molar-refractivity contribution in [1.82, 2.24) is 0 Å². The van der Waals surface area contributed by atoms with Gasteiger partial charge in [-0.05, 0) is 38.5 Å². The Morgan fingerprint density at radius 1 is 1.10 bits per heavy atom. The summed E-state index contributed by atoms with van der Waals surface area (Å²) in [5.74, 6) is -1.36. The van der Waals surface area contributed by atoms with E-state index in [1.807, 2.05) is 0 Å². The van der Waals surface area contributed by atoms with Crippen LogP contribution in [-0.2, 0) is 19.1 Å². The van der Waals surface area contributed by atoms with Gasteiger partial charge < -0.3 is 9.47 Å². The van der Waals surface area contributed by atoms with E-state index in [0.717, 1.165) is 32.1 Å². The number of allylic oxidation sites excluding steroid dienone is 2. The number of carbonyl (C=O) groups is 2. The lowest BCUT2D eigenvalue weighted by molar-refractivity contribution is -0.167. The van der Waals surface area contributed by atoms with Gasteiger partial charge in [0.2, 0.25) is 0 Å². The molecular formula is C16H28O4. The Kier molecular flexibility index (Phi) is 10.7. The molecule has 4 nitrogen and oxygen atoms in total. The van der Waals surface area contributed by atoms with E-state index in [1.54, 1.807) is 6.92 Å². The molecule has 0 aliphatic rings. The van der Waals surface area contributed by atoms with E-state index in [1.165, 1.54) is 5.57 Å². The van der Waals surface area contributed by atoms with Crippen LogP contribution in [0.25, 0.3) is 0 Å². The molecule has 0 aromatic heterocycles. The zero-order valence-corrected chi connectivity index (χ0v) is 13.2. The van der Waals surface area contributed by atoms with Gasteiger partial charge in [0.05, 0.1) is 13.2 Å². The van der Waals surface area contributed by atoms with Crippen molar-refractivity contribution in [3.8, 4) is 0 Å². The summed E-state index contributed by atoms with van der Waals surface area (Å²) in [6.07, 6.45) is 7.40. The molecule has 0 heterocycles. The van der Waals surface area contributed by atoms with Gasteiger partial charge in [-0.2, -0.15) is 0 Å². The van der Waals surface area contributed by atoms with E-state index < -0.39 is 11.9 Å². The fraction of sp³-hybridized carbons (Fsp3) is 0.750. The van der Waals surface area contributed by atoms with Crippen LogP contribution >= 0.6 is 0 Å². The highest BCUT2D eigenvalue weighted by Crippen LogP contribution is 2.19. The van der Waals surface area contributed by atoms with Crippen molar-refractivity contribution in [2.45, 2.75) is 59.8 Å². The van der Waals surface area contributed by atoms with Crippen LogP contribution < -0.4 is 0 Å². The Hall–Kier alpha value is -1.32. The molecular weight excluding hydrogens is 256 g/mol. The van der Waals surface area contributed by atoms with Crippen LogP contribution in [0.1, 0.15) is 59.8 Å². The standard InChI is InChI=1S/C16H28O4/c1-5-8-14(9-6-2)12-13(4)10-11-20-16(18)15(17)19-7-3/h8,13H,5-7,9-12H2,1-4H3. The molecule has 0 aromatic rings. The molecule has 0 fully saturated rings. The van der Waals surface area contributed by atoms with Crippen molar-refractivity contribution in [1.29, 1.82) is 0 Å². The molecule has 0 rings (SSSR count). The van der Waals surface area contributed by atoms with Gasteiger partial charge in [0.1, 0.15) is 0 Å². The van der Waals surface area contributed by atoms with Crippen LogP contribution in [0.4, 0.5) is 0 Å². The quantitative estimate of drug-likeness (QED) is 0.368. The first-order valence-electron chi connectivity index (χ1n) is 7.56. The summed E-state index contributed by atoms with van der Waals surface area (Å²) in [5.41, 5.74) is 1.47. The fourth-order valence-corrected chi connectivity index (χ4v) is 2.05. The number of carbonyl (C=O) groups excluding carboxylic acids is 2. The average molecular weight is 284 g/mol. The van der Waals surface area contributed by atoms with Crippen molar-refractivity contribution in [2.75, 3.05) is 13.2 Å². The van der Waals surface area contributed by atoms with Crippen molar-refractivity contribution in [3.63, 3.8) is 0 Å². The minimum absolute atomic E-state index is 0.187. The summed E-state index contributed by atoms with van der Waals surface area (Å²) < 4.78 is 9.46. The summed E-state index contributed by atoms with van der Waals surface area (Å²) in [6.45, 7) is 8.56. The summed E-state index contributed by atoms with van der Waals surface area (Å²) in [6, 6.07) is 0. The molecule has 20 heavy (non-hydrogen) atoms. The van der Waals surface area contributed by atoms with E-state index in [-0.39, 0.29) is 13.2 Å². The Bertz CT molecular complexity index is 320. The van der Waals surface area contributed by atoms with Crippen molar-refractivity contribution in [2.24, 2.45) is 5.92 Å². The van der Waals surface area contributed by atoms with Gasteiger partial charge in [0, 0.05) is 0 Å². The third-order valence-electron chi connectivity index (χ3n) is 2.96. The van der Waals surface area contributed by atoms with Gasteiger partial charge in [-0.1, -0.05) is 38.8 Å². The molecule has 0 bridgehead atoms. The second kappa shape index (κ2) is 11.5. The normalized spacial score (nSPS) is 12.9. The molecule has 0 aliphatic carbocycles. The van der Waals surface area contributed by atoms with Crippen LogP contribution in [0, 0.1) is 5.92 Å². The molecule has 0 spiro atoms. The second-order valence-electron chi connectivity index (χ2n) is 4.97. The molecule has 0 aromatic carbocycles. The second-order valence-corrected chi connectivity index (χ2v) is 4.97. The molecule has 4 heteroatoms. The van der Waals surface area contributed by atoms with Gasteiger partial charge >= 0.3 is 11.9 Å². The maximum atomic E-state index is 11.2. The van der Waals surface area contributed by atoms with Gasteiger partial charge in [-0.15, -0.1) is 0 Å². The molecule has 1 unspecified atom stereocenters. The van der Waals surface area contributed by atoms with Crippen LogP contribution in [0.15, 0.2) is 11.6 Å². The van der Waals surface area contributed by atoms with Crippen LogP contribution in [-0.4, -0.2) is 25.2 Å². The topological polar surface area (TPSA) is 52.6 Å². The first-order chi connectivity index (χ1) is 9.54. The zero-order valence-electron chi connectivity index (χ0n) is 13.2. The number of ether oxygens (including phenoxy) is 2. The number of hydrogen-bond acceptors (Lipinski definition) is 4. The minimum Gasteiger partial charge on any atom is -0.458 e. The predicted octanol–water partition coefficient (Wildman–Crippen LogP) is 3.65. The first-order valence-corrected chi connectivity index (χ1v) is 7.56. The van der Waals surface area contributed by atoms with Crippen LogP contribution in [0.3, 0.4) is 0 Å². The monoisotopic (exact) mass is 284 g/mol. The van der Waals surface area contributed by atoms with Crippen LogP contribution in [0.2, 0.25) is 0 Å². The zero-order chi connectivity index (χ0) is 15.4. The molecule has 0 radical (unpaired) electrons. The number of hydrogen-bond donors (Lipinski definition) is 0. The maximum absolute atomic E-state index is 11.2. The fourth-order valence-electron chi connectivity index (χ4n) is 2.05. The lowest BCUT2D eigenvalue weighted by atomic mass is 9.95. The molecule has 0 saturated carbocycles. The molecule has 0 saturated heterocycles. The largest absolute Gasteiger partial charge is 0.458 e. The van der Waals surface area contributed by atoms with Gasteiger partial charge in [-0.3, -0.25) is 0 Å².